The van der Waals surface area contributed by atoms with E-state index in [2.05, 4.69) is 13.8 Å². The lowest BCUT2D eigenvalue weighted by molar-refractivity contribution is -0.184. The molecule has 0 saturated carbocycles. The van der Waals surface area contributed by atoms with E-state index in [-0.39, 0.29) is 6.42 Å². The van der Waals surface area contributed by atoms with E-state index in [1.54, 1.807) is 0 Å². The highest BCUT2D eigenvalue weighted by Gasteiger charge is 2.42. The van der Waals surface area contributed by atoms with Crippen molar-refractivity contribution in [1.29, 1.82) is 0 Å². The Labute approximate surface area is 184 Å². The number of hydrogen-bond acceptors (Lipinski definition) is 6. The zero-order valence-corrected chi connectivity index (χ0v) is 19.6. The van der Waals surface area contributed by atoms with Gasteiger partial charge in [-0.15, -0.1) is 0 Å². The fourth-order valence-electron chi connectivity index (χ4n) is 3.78. The summed E-state index contributed by atoms with van der Waals surface area (Å²) < 4.78 is 5.57. The van der Waals surface area contributed by atoms with Gasteiger partial charge in [0.2, 0.25) is 0 Å². The molecule has 0 aromatic carbocycles. The van der Waals surface area contributed by atoms with Crippen molar-refractivity contribution in [3.8, 4) is 0 Å². The molecule has 5 N–H and O–H groups in total. The van der Waals surface area contributed by atoms with Crippen molar-refractivity contribution in [3.05, 3.63) is 0 Å². The van der Waals surface area contributed by atoms with Gasteiger partial charge in [-0.2, -0.15) is 0 Å². The molecule has 0 bridgehead atoms. The van der Waals surface area contributed by atoms with Gasteiger partial charge in [0.05, 0.1) is 13.2 Å². The van der Waals surface area contributed by atoms with E-state index < -0.39 is 37.1 Å². The molecule has 0 rings (SSSR count). The number of rotatable bonds is 22. The summed E-state index contributed by atoms with van der Waals surface area (Å²) in [4.78, 5) is 0. The highest BCUT2D eigenvalue weighted by atomic mass is 16.5. The molecule has 4 unspecified atom stereocenters. The standard InChI is InChI=1S/C24H50O6/c1-3-5-7-9-11-13-15-17-24(29,20-26)23(28)22(27)21(19-25)30-18-16-14-12-10-8-6-4-2/h21-23,25-29H,3-20H2,1-2H3. The lowest BCUT2D eigenvalue weighted by atomic mass is 9.86. The lowest BCUT2D eigenvalue weighted by Gasteiger charge is -2.36. The van der Waals surface area contributed by atoms with Crippen molar-refractivity contribution in [1.82, 2.24) is 0 Å². The summed E-state index contributed by atoms with van der Waals surface area (Å²) in [6.45, 7) is 3.66. The van der Waals surface area contributed by atoms with Crippen molar-refractivity contribution in [3.63, 3.8) is 0 Å². The molecule has 0 aromatic heterocycles. The van der Waals surface area contributed by atoms with Crippen molar-refractivity contribution in [2.45, 2.75) is 134 Å². The van der Waals surface area contributed by atoms with Crippen LogP contribution in [0.15, 0.2) is 0 Å². The Morgan fingerprint density at radius 3 is 1.63 bits per heavy atom. The summed E-state index contributed by atoms with van der Waals surface area (Å²) in [5.41, 5.74) is -1.79. The predicted octanol–water partition coefficient (Wildman–Crippen LogP) is 3.70. The minimum atomic E-state index is -1.79. The Morgan fingerprint density at radius 2 is 1.17 bits per heavy atom. The molecule has 6 nitrogen and oxygen atoms in total. The van der Waals surface area contributed by atoms with Crippen molar-refractivity contribution in [2.75, 3.05) is 19.8 Å². The van der Waals surface area contributed by atoms with E-state index in [1.807, 2.05) is 0 Å². The fraction of sp³-hybridized carbons (Fsp3) is 1.00. The van der Waals surface area contributed by atoms with Gasteiger partial charge in [0, 0.05) is 6.61 Å². The van der Waals surface area contributed by atoms with Crippen LogP contribution in [0, 0.1) is 0 Å². The van der Waals surface area contributed by atoms with Gasteiger partial charge >= 0.3 is 0 Å². The molecule has 0 saturated heterocycles. The Morgan fingerprint density at radius 1 is 0.700 bits per heavy atom. The van der Waals surface area contributed by atoms with Crippen LogP contribution >= 0.6 is 0 Å². The molecule has 0 spiro atoms. The van der Waals surface area contributed by atoms with E-state index in [1.165, 1.54) is 44.9 Å². The molecule has 4 atom stereocenters. The summed E-state index contributed by atoms with van der Waals surface area (Å²) in [6, 6.07) is 0. The second-order valence-corrected chi connectivity index (χ2v) is 8.78. The fourth-order valence-corrected chi connectivity index (χ4v) is 3.78. The number of aliphatic hydroxyl groups is 5. The van der Waals surface area contributed by atoms with Gasteiger partial charge in [-0.05, 0) is 12.8 Å². The lowest BCUT2D eigenvalue weighted by Crippen LogP contribution is -2.56. The summed E-state index contributed by atoms with van der Waals surface area (Å²) in [5, 5.41) is 50.8. The second kappa shape index (κ2) is 19.4. The highest BCUT2D eigenvalue weighted by Crippen LogP contribution is 2.24. The Kier molecular flexibility index (Phi) is 19.3. The number of ether oxygens (including phenoxy) is 1. The molecular weight excluding hydrogens is 384 g/mol. The third kappa shape index (κ3) is 13.2. The maximum absolute atomic E-state index is 10.7. The van der Waals surface area contributed by atoms with Crippen LogP contribution in [0.5, 0.6) is 0 Å². The average molecular weight is 435 g/mol. The maximum atomic E-state index is 10.7. The van der Waals surface area contributed by atoms with Crippen LogP contribution in [-0.2, 0) is 4.74 Å². The van der Waals surface area contributed by atoms with E-state index in [4.69, 9.17) is 4.74 Å². The van der Waals surface area contributed by atoms with Crippen molar-refractivity contribution in [2.24, 2.45) is 0 Å². The van der Waals surface area contributed by atoms with Gasteiger partial charge in [-0.3, -0.25) is 0 Å². The first-order valence-corrected chi connectivity index (χ1v) is 12.4. The SMILES string of the molecule is CCCCCCCCCOC(CO)C(O)C(O)C(O)(CO)CCCCCCCCC. The van der Waals surface area contributed by atoms with Crippen LogP contribution in [0.4, 0.5) is 0 Å². The quantitative estimate of drug-likeness (QED) is 0.166. The number of hydrogen-bond donors (Lipinski definition) is 5. The predicted molar refractivity (Wildman–Crippen MR) is 121 cm³/mol. The van der Waals surface area contributed by atoms with Crippen LogP contribution in [0.3, 0.4) is 0 Å². The van der Waals surface area contributed by atoms with Gasteiger partial charge in [-0.1, -0.05) is 97.3 Å². The Balaban J connectivity index is 4.26. The van der Waals surface area contributed by atoms with Crippen molar-refractivity contribution < 1.29 is 30.3 Å². The minimum Gasteiger partial charge on any atom is -0.394 e. The van der Waals surface area contributed by atoms with E-state index in [0.717, 1.165) is 38.5 Å². The van der Waals surface area contributed by atoms with Crippen LogP contribution in [-0.4, -0.2) is 69.3 Å². The molecule has 0 radical (unpaired) electrons. The van der Waals surface area contributed by atoms with E-state index in [9.17, 15) is 25.5 Å². The molecular formula is C24H50O6. The number of unbranched alkanes of at least 4 members (excludes halogenated alkanes) is 12. The smallest absolute Gasteiger partial charge is 0.116 e. The van der Waals surface area contributed by atoms with Gasteiger partial charge < -0.3 is 30.3 Å². The zero-order valence-electron chi connectivity index (χ0n) is 19.6. The molecule has 0 heterocycles. The molecule has 0 aliphatic carbocycles. The molecule has 0 fully saturated rings. The first-order chi connectivity index (χ1) is 14.5. The second-order valence-electron chi connectivity index (χ2n) is 8.78. The van der Waals surface area contributed by atoms with Crippen LogP contribution < -0.4 is 0 Å². The van der Waals surface area contributed by atoms with Gasteiger partial charge in [0.25, 0.3) is 0 Å². The molecule has 0 amide bonds. The number of aliphatic hydroxyl groups excluding tert-OH is 4. The Hall–Kier alpha value is -0.240. The summed E-state index contributed by atoms with van der Waals surface area (Å²) in [5.74, 6) is 0. The third-order valence-electron chi connectivity index (χ3n) is 6.00. The van der Waals surface area contributed by atoms with Gasteiger partial charge in [-0.25, -0.2) is 0 Å². The van der Waals surface area contributed by atoms with Gasteiger partial charge in [0.15, 0.2) is 0 Å². The molecule has 30 heavy (non-hydrogen) atoms. The van der Waals surface area contributed by atoms with Gasteiger partial charge in [0.1, 0.15) is 23.9 Å². The van der Waals surface area contributed by atoms with Crippen molar-refractivity contribution >= 4 is 0 Å². The molecule has 6 heteroatoms. The largest absolute Gasteiger partial charge is 0.394 e. The average Bonchev–Trinajstić information content (AvgIpc) is 2.76. The first-order valence-electron chi connectivity index (χ1n) is 12.4. The summed E-state index contributed by atoms with van der Waals surface area (Å²) >= 11 is 0. The van der Waals surface area contributed by atoms with E-state index >= 15 is 0 Å². The minimum absolute atomic E-state index is 0.200. The highest BCUT2D eigenvalue weighted by molar-refractivity contribution is 4.93. The monoisotopic (exact) mass is 434 g/mol. The zero-order chi connectivity index (χ0) is 22.7. The summed E-state index contributed by atoms with van der Waals surface area (Å²) in [6.07, 6.45) is 11.5. The van der Waals surface area contributed by atoms with Crippen LogP contribution in [0.25, 0.3) is 0 Å². The normalized spacial score (nSPS) is 16.9. The molecule has 0 aromatic rings. The molecule has 182 valence electrons. The first kappa shape index (κ1) is 29.8. The molecule has 0 aliphatic rings. The van der Waals surface area contributed by atoms with Crippen LogP contribution in [0.2, 0.25) is 0 Å². The maximum Gasteiger partial charge on any atom is 0.116 e. The third-order valence-corrected chi connectivity index (χ3v) is 6.00. The van der Waals surface area contributed by atoms with E-state index in [0.29, 0.717) is 13.0 Å². The summed E-state index contributed by atoms with van der Waals surface area (Å²) in [7, 11) is 0. The topological polar surface area (TPSA) is 110 Å². The van der Waals surface area contributed by atoms with Crippen LogP contribution in [0.1, 0.15) is 110 Å². The molecule has 0 aliphatic heterocycles. The Bertz CT molecular complexity index is 368.